The summed E-state index contributed by atoms with van der Waals surface area (Å²) in [6.07, 6.45) is 0. The van der Waals surface area contributed by atoms with Crippen molar-refractivity contribution in [1.29, 1.82) is 0 Å². The second-order valence-corrected chi connectivity index (χ2v) is 5.79. The Labute approximate surface area is 105 Å². The minimum atomic E-state index is -0.382. The summed E-state index contributed by atoms with van der Waals surface area (Å²) in [5.74, 6) is 0. The normalized spacial score (nSPS) is 12.1. The van der Waals surface area contributed by atoms with E-state index in [1.54, 1.807) is 11.3 Å². The van der Waals surface area contributed by atoms with Crippen molar-refractivity contribution in [2.75, 3.05) is 0 Å². The first-order valence-corrected chi connectivity index (χ1v) is 6.44. The van der Waals surface area contributed by atoms with Crippen molar-refractivity contribution in [2.45, 2.75) is 33.2 Å². The lowest BCUT2D eigenvalue weighted by atomic mass is 10.1. The number of hydrogen-bond acceptors (Lipinski definition) is 4. The Hall–Kier alpha value is -1.20. The molecule has 0 aliphatic carbocycles. The zero-order valence-electron chi connectivity index (χ0n) is 10.9. The van der Waals surface area contributed by atoms with Gasteiger partial charge in [-0.15, -0.1) is 11.3 Å². The van der Waals surface area contributed by atoms with Crippen LogP contribution >= 0.6 is 11.3 Å². The Morgan fingerprint density at radius 2 is 2.00 bits per heavy atom. The standard InChI is InChI=1S/C12H18N4S/c1-7-10(8(2)16(5)15-7)9-6-17-11(14-9)12(3,4)13/h6H,13H2,1-5H3. The molecular weight excluding hydrogens is 232 g/mol. The fourth-order valence-corrected chi connectivity index (χ4v) is 2.68. The number of thiazole rings is 1. The highest BCUT2D eigenvalue weighted by Gasteiger charge is 2.21. The van der Waals surface area contributed by atoms with Crippen LogP contribution in [0.5, 0.6) is 0 Å². The van der Waals surface area contributed by atoms with Crippen LogP contribution in [0.4, 0.5) is 0 Å². The van der Waals surface area contributed by atoms with Crippen molar-refractivity contribution in [2.24, 2.45) is 12.8 Å². The van der Waals surface area contributed by atoms with Crippen molar-refractivity contribution in [3.8, 4) is 11.3 Å². The Balaban J connectivity index is 2.51. The third-order valence-corrected chi connectivity index (χ3v) is 4.00. The molecule has 0 atom stereocenters. The van der Waals surface area contributed by atoms with Crippen LogP contribution in [0, 0.1) is 13.8 Å². The van der Waals surface area contributed by atoms with Gasteiger partial charge in [0.2, 0.25) is 0 Å². The predicted octanol–water partition coefficient (Wildman–Crippen LogP) is 2.35. The molecule has 0 bridgehead atoms. The van der Waals surface area contributed by atoms with Gasteiger partial charge < -0.3 is 5.73 Å². The van der Waals surface area contributed by atoms with Gasteiger partial charge in [-0.2, -0.15) is 5.10 Å². The van der Waals surface area contributed by atoms with E-state index in [0.29, 0.717) is 0 Å². The van der Waals surface area contributed by atoms with Crippen LogP contribution in [0.25, 0.3) is 11.3 Å². The van der Waals surface area contributed by atoms with Crippen molar-refractivity contribution >= 4 is 11.3 Å². The predicted molar refractivity (Wildman–Crippen MR) is 71.0 cm³/mol. The number of nitrogens with zero attached hydrogens (tertiary/aromatic N) is 3. The molecule has 0 saturated heterocycles. The van der Waals surface area contributed by atoms with Crippen LogP contribution < -0.4 is 5.73 Å². The van der Waals surface area contributed by atoms with Gasteiger partial charge in [0.25, 0.3) is 0 Å². The lowest BCUT2D eigenvalue weighted by molar-refractivity contribution is 0.551. The first-order valence-electron chi connectivity index (χ1n) is 5.56. The third kappa shape index (κ3) is 2.12. The van der Waals surface area contributed by atoms with Gasteiger partial charge in [-0.1, -0.05) is 0 Å². The average Bonchev–Trinajstić information content (AvgIpc) is 2.73. The molecule has 17 heavy (non-hydrogen) atoms. The summed E-state index contributed by atoms with van der Waals surface area (Å²) < 4.78 is 1.89. The van der Waals surface area contributed by atoms with E-state index >= 15 is 0 Å². The molecule has 0 amide bonds. The number of aromatic nitrogens is 3. The molecule has 0 unspecified atom stereocenters. The Kier molecular flexibility index (Phi) is 2.83. The van der Waals surface area contributed by atoms with E-state index in [1.807, 2.05) is 32.5 Å². The summed E-state index contributed by atoms with van der Waals surface area (Å²) in [6.45, 7) is 8.01. The highest BCUT2D eigenvalue weighted by Crippen LogP contribution is 2.30. The highest BCUT2D eigenvalue weighted by atomic mass is 32.1. The van der Waals surface area contributed by atoms with Gasteiger partial charge >= 0.3 is 0 Å². The molecule has 0 aromatic carbocycles. The van der Waals surface area contributed by atoms with Crippen LogP contribution in [0.15, 0.2) is 5.38 Å². The van der Waals surface area contributed by atoms with Gasteiger partial charge in [0.1, 0.15) is 5.01 Å². The molecule has 0 spiro atoms. The second-order valence-electron chi connectivity index (χ2n) is 4.93. The SMILES string of the molecule is Cc1nn(C)c(C)c1-c1csc(C(C)(C)N)n1. The van der Waals surface area contributed by atoms with Gasteiger partial charge in [0.15, 0.2) is 0 Å². The Morgan fingerprint density at radius 3 is 2.41 bits per heavy atom. The maximum atomic E-state index is 6.06. The molecule has 4 nitrogen and oxygen atoms in total. The topological polar surface area (TPSA) is 56.7 Å². The molecule has 0 aliphatic rings. The second kappa shape index (κ2) is 3.92. The van der Waals surface area contributed by atoms with Crippen LogP contribution in [0.2, 0.25) is 0 Å². The zero-order chi connectivity index (χ0) is 12.8. The van der Waals surface area contributed by atoms with Crippen LogP contribution in [-0.4, -0.2) is 14.8 Å². The third-order valence-electron chi connectivity index (χ3n) is 2.82. The molecule has 0 saturated carbocycles. The summed E-state index contributed by atoms with van der Waals surface area (Å²) in [5, 5.41) is 7.42. The number of nitrogens with two attached hydrogens (primary N) is 1. The minimum absolute atomic E-state index is 0.382. The smallest absolute Gasteiger partial charge is 0.113 e. The molecule has 2 aromatic rings. The maximum Gasteiger partial charge on any atom is 0.113 e. The van der Waals surface area contributed by atoms with Crippen molar-refractivity contribution < 1.29 is 0 Å². The summed E-state index contributed by atoms with van der Waals surface area (Å²) in [7, 11) is 1.95. The van der Waals surface area contributed by atoms with Crippen molar-refractivity contribution in [1.82, 2.24) is 14.8 Å². The first kappa shape index (κ1) is 12.3. The van der Waals surface area contributed by atoms with Gasteiger partial charge in [-0.05, 0) is 27.7 Å². The van der Waals surface area contributed by atoms with Gasteiger partial charge in [0, 0.05) is 23.7 Å². The Bertz CT molecular complexity index is 545. The first-order chi connectivity index (χ1) is 7.80. The maximum absolute atomic E-state index is 6.06. The van der Waals surface area contributed by atoms with E-state index in [0.717, 1.165) is 27.7 Å². The van der Waals surface area contributed by atoms with E-state index in [9.17, 15) is 0 Å². The summed E-state index contributed by atoms with van der Waals surface area (Å²) >= 11 is 1.60. The summed E-state index contributed by atoms with van der Waals surface area (Å²) in [5.41, 5.74) is 9.92. The van der Waals surface area contributed by atoms with Gasteiger partial charge in [0.05, 0.1) is 16.9 Å². The lowest BCUT2D eigenvalue weighted by Crippen LogP contribution is -2.28. The molecule has 92 valence electrons. The molecule has 2 rings (SSSR count). The van der Waals surface area contributed by atoms with Crippen LogP contribution in [0.3, 0.4) is 0 Å². The van der Waals surface area contributed by atoms with E-state index in [4.69, 9.17) is 5.73 Å². The zero-order valence-corrected chi connectivity index (χ0v) is 11.7. The van der Waals surface area contributed by atoms with E-state index in [2.05, 4.69) is 22.4 Å². The molecule has 2 heterocycles. The largest absolute Gasteiger partial charge is 0.320 e. The molecule has 2 N–H and O–H groups in total. The number of aryl methyl sites for hydroxylation is 2. The van der Waals surface area contributed by atoms with Gasteiger partial charge in [-0.25, -0.2) is 4.98 Å². The monoisotopic (exact) mass is 250 g/mol. The van der Waals surface area contributed by atoms with E-state index in [1.165, 1.54) is 0 Å². The fourth-order valence-electron chi connectivity index (χ4n) is 1.83. The Morgan fingerprint density at radius 1 is 1.35 bits per heavy atom. The summed E-state index contributed by atoms with van der Waals surface area (Å²) in [4.78, 5) is 4.63. The molecule has 5 heteroatoms. The molecule has 0 aliphatic heterocycles. The molecule has 0 fully saturated rings. The quantitative estimate of drug-likeness (QED) is 0.890. The summed E-state index contributed by atoms with van der Waals surface area (Å²) in [6, 6.07) is 0. The van der Waals surface area contributed by atoms with Crippen LogP contribution in [0.1, 0.15) is 30.2 Å². The molecule has 2 aromatic heterocycles. The van der Waals surface area contributed by atoms with Crippen molar-refractivity contribution in [3.05, 3.63) is 21.8 Å². The molecule has 0 radical (unpaired) electrons. The van der Waals surface area contributed by atoms with E-state index in [-0.39, 0.29) is 5.54 Å². The molecular formula is C12H18N4S. The van der Waals surface area contributed by atoms with Gasteiger partial charge in [-0.3, -0.25) is 4.68 Å². The number of hydrogen-bond donors (Lipinski definition) is 1. The average molecular weight is 250 g/mol. The van der Waals surface area contributed by atoms with E-state index < -0.39 is 0 Å². The highest BCUT2D eigenvalue weighted by molar-refractivity contribution is 7.10. The van der Waals surface area contributed by atoms with Crippen LogP contribution in [-0.2, 0) is 12.6 Å². The number of rotatable bonds is 2. The fraction of sp³-hybridized carbons (Fsp3) is 0.500. The minimum Gasteiger partial charge on any atom is -0.320 e. The van der Waals surface area contributed by atoms with Crippen molar-refractivity contribution in [3.63, 3.8) is 0 Å². The lowest BCUT2D eigenvalue weighted by Gasteiger charge is -2.13.